The second-order valence-corrected chi connectivity index (χ2v) is 8.76. The molecule has 7 heteroatoms. The summed E-state index contributed by atoms with van der Waals surface area (Å²) in [4.78, 5) is 23.6. The van der Waals surface area contributed by atoms with Crippen LogP contribution < -0.4 is 5.32 Å². The molecule has 1 amide bonds. The molecule has 0 bridgehead atoms. The minimum atomic E-state index is -3.39. The van der Waals surface area contributed by atoms with Gasteiger partial charge in [-0.3, -0.25) is 9.59 Å². The van der Waals surface area contributed by atoms with Gasteiger partial charge in [0.1, 0.15) is 0 Å². The third-order valence-corrected chi connectivity index (χ3v) is 6.25. The highest BCUT2D eigenvalue weighted by Gasteiger charge is 2.19. The first kappa shape index (κ1) is 19.7. The van der Waals surface area contributed by atoms with Crippen LogP contribution in [0.25, 0.3) is 0 Å². The van der Waals surface area contributed by atoms with Crippen molar-refractivity contribution in [3.63, 3.8) is 0 Å². The van der Waals surface area contributed by atoms with Crippen molar-refractivity contribution in [1.29, 1.82) is 0 Å². The van der Waals surface area contributed by atoms with Crippen LogP contribution in [0.1, 0.15) is 42.6 Å². The van der Waals surface area contributed by atoms with Gasteiger partial charge in [0.2, 0.25) is 0 Å². The minimum Gasteiger partial charge on any atom is -0.481 e. The van der Waals surface area contributed by atoms with E-state index in [9.17, 15) is 18.0 Å². The van der Waals surface area contributed by atoms with Crippen LogP contribution in [0, 0.1) is 0 Å². The fourth-order valence-corrected chi connectivity index (χ4v) is 3.36. The second kappa shape index (κ2) is 7.70. The average Bonchev–Trinajstić information content (AvgIpc) is 2.61. The third-order valence-electron chi connectivity index (χ3n) is 4.08. The number of hydrogen-bond acceptors (Lipinski definition) is 4. The Kier molecular flexibility index (Phi) is 5.82. The lowest BCUT2D eigenvalue weighted by Gasteiger charge is -2.11. The highest BCUT2D eigenvalue weighted by Crippen LogP contribution is 2.21. The molecule has 2 rings (SSSR count). The molecule has 2 aromatic rings. The molecule has 0 spiro atoms. The fraction of sp³-hybridized carbons (Fsp3) is 0.263. The predicted molar refractivity (Wildman–Crippen MR) is 99.2 cm³/mol. The van der Waals surface area contributed by atoms with E-state index in [0.29, 0.717) is 16.8 Å². The van der Waals surface area contributed by atoms with Gasteiger partial charge in [-0.2, -0.15) is 0 Å². The first-order valence-corrected chi connectivity index (χ1v) is 9.65. The average molecular weight is 375 g/mol. The van der Waals surface area contributed by atoms with E-state index in [0.717, 1.165) is 0 Å². The van der Waals surface area contributed by atoms with Gasteiger partial charge in [0.05, 0.1) is 16.1 Å². The van der Waals surface area contributed by atoms with Crippen LogP contribution >= 0.6 is 0 Å². The second-order valence-electron chi connectivity index (χ2n) is 6.26. The van der Waals surface area contributed by atoms with E-state index < -0.39 is 32.9 Å². The maximum atomic E-state index is 12.3. The van der Waals surface area contributed by atoms with E-state index in [1.165, 1.54) is 24.3 Å². The van der Waals surface area contributed by atoms with Gasteiger partial charge in [-0.05, 0) is 62.7 Å². The number of carbonyl (C=O) groups is 2. The molecule has 0 fully saturated rings. The van der Waals surface area contributed by atoms with E-state index in [-0.39, 0.29) is 4.90 Å². The number of carbonyl (C=O) groups excluding carboxylic acids is 1. The van der Waals surface area contributed by atoms with Crippen molar-refractivity contribution in [2.45, 2.75) is 36.8 Å². The Balaban J connectivity index is 2.18. The first-order valence-electron chi connectivity index (χ1n) is 8.11. The number of carboxylic acid groups (broad SMARTS) is 1. The lowest BCUT2D eigenvalue weighted by Crippen LogP contribution is -2.15. The van der Waals surface area contributed by atoms with Crippen LogP contribution in [0.3, 0.4) is 0 Å². The Morgan fingerprint density at radius 1 is 1.00 bits per heavy atom. The maximum Gasteiger partial charge on any atom is 0.310 e. The van der Waals surface area contributed by atoms with E-state index >= 15 is 0 Å². The molecule has 2 aromatic carbocycles. The molecule has 1 atom stereocenters. The van der Waals surface area contributed by atoms with Gasteiger partial charge in [0.15, 0.2) is 9.84 Å². The van der Waals surface area contributed by atoms with Gasteiger partial charge in [-0.1, -0.05) is 12.1 Å². The molecule has 0 radical (unpaired) electrons. The van der Waals surface area contributed by atoms with Gasteiger partial charge in [0.25, 0.3) is 5.91 Å². The summed E-state index contributed by atoms with van der Waals surface area (Å²) in [6.45, 7) is 4.76. The zero-order chi connectivity index (χ0) is 19.5. The van der Waals surface area contributed by atoms with E-state index in [4.69, 9.17) is 5.11 Å². The summed E-state index contributed by atoms with van der Waals surface area (Å²) < 4.78 is 24.2. The predicted octanol–water partition coefficient (Wildman–Crippen LogP) is 3.31. The SMILES string of the molecule is CC(C(=O)O)c1cccc(NC(=O)c2ccc(S(=O)(=O)C(C)C)cc2)c1. The highest BCUT2D eigenvalue weighted by molar-refractivity contribution is 7.92. The molecule has 0 aromatic heterocycles. The quantitative estimate of drug-likeness (QED) is 0.807. The minimum absolute atomic E-state index is 0.168. The van der Waals surface area contributed by atoms with Crippen molar-refractivity contribution < 1.29 is 23.1 Å². The van der Waals surface area contributed by atoms with Gasteiger partial charge in [0, 0.05) is 11.3 Å². The normalized spacial score (nSPS) is 12.6. The molecule has 0 heterocycles. The molecule has 0 aliphatic rings. The molecule has 0 aliphatic carbocycles. The van der Waals surface area contributed by atoms with Gasteiger partial charge >= 0.3 is 5.97 Å². The van der Waals surface area contributed by atoms with Crippen LogP contribution in [0.4, 0.5) is 5.69 Å². The van der Waals surface area contributed by atoms with Gasteiger partial charge < -0.3 is 10.4 Å². The number of aliphatic carboxylic acids is 1. The van der Waals surface area contributed by atoms with Crippen LogP contribution in [0.15, 0.2) is 53.4 Å². The van der Waals surface area contributed by atoms with E-state index in [1.807, 2.05) is 0 Å². The number of hydrogen-bond donors (Lipinski definition) is 2. The maximum absolute atomic E-state index is 12.3. The standard InChI is InChI=1S/C19H21NO5S/c1-12(2)26(24,25)17-9-7-14(8-10-17)18(21)20-16-6-4-5-15(11-16)13(3)19(22)23/h4-13H,1-3H3,(H,20,21)(H,22,23). The molecule has 0 aliphatic heterocycles. The number of carboxylic acids is 1. The molecule has 138 valence electrons. The number of rotatable bonds is 6. The number of sulfone groups is 1. The first-order chi connectivity index (χ1) is 12.1. The van der Waals surface area contributed by atoms with E-state index in [1.54, 1.807) is 45.0 Å². The summed E-state index contributed by atoms with van der Waals surface area (Å²) in [5.74, 6) is -2.04. The summed E-state index contributed by atoms with van der Waals surface area (Å²) in [5.41, 5.74) is 1.36. The Bertz CT molecular complexity index is 917. The highest BCUT2D eigenvalue weighted by atomic mass is 32.2. The smallest absolute Gasteiger partial charge is 0.310 e. The Morgan fingerprint density at radius 2 is 1.62 bits per heavy atom. The summed E-state index contributed by atoms with van der Waals surface area (Å²) in [6, 6.07) is 12.3. The van der Waals surface area contributed by atoms with E-state index in [2.05, 4.69) is 5.32 Å². The molecular weight excluding hydrogens is 354 g/mol. The van der Waals surface area contributed by atoms with Crippen LogP contribution in [-0.4, -0.2) is 30.7 Å². The van der Waals surface area contributed by atoms with Crippen LogP contribution in [-0.2, 0) is 14.6 Å². The fourth-order valence-electron chi connectivity index (χ4n) is 2.30. The molecule has 2 N–H and O–H groups in total. The Morgan fingerprint density at radius 3 is 2.15 bits per heavy atom. The number of anilines is 1. The van der Waals surface area contributed by atoms with Crippen molar-refractivity contribution in [2.75, 3.05) is 5.32 Å². The van der Waals surface area contributed by atoms with Crippen molar-refractivity contribution in [3.05, 3.63) is 59.7 Å². The van der Waals surface area contributed by atoms with Crippen molar-refractivity contribution >= 4 is 27.4 Å². The third kappa shape index (κ3) is 4.29. The van der Waals surface area contributed by atoms with Crippen LogP contribution in [0.2, 0.25) is 0 Å². The summed E-state index contributed by atoms with van der Waals surface area (Å²) in [5, 5.41) is 11.2. The molecule has 0 saturated carbocycles. The van der Waals surface area contributed by atoms with Crippen molar-refractivity contribution in [3.8, 4) is 0 Å². The topological polar surface area (TPSA) is 101 Å². The number of nitrogens with one attached hydrogen (secondary N) is 1. The summed E-state index contributed by atoms with van der Waals surface area (Å²) >= 11 is 0. The molecule has 26 heavy (non-hydrogen) atoms. The monoisotopic (exact) mass is 375 g/mol. The number of amides is 1. The summed E-state index contributed by atoms with van der Waals surface area (Å²) in [7, 11) is -3.39. The molecule has 0 saturated heterocycles. The van der Waals surface area contributed by atoms with Crippen molar-refractivity contribution in [2.24, 2.45) is 0 Å². The molecule has 6 nitrogen and oxygen atoms in total. The number of benzene rings is 2. The Labute approximate surface area is 152 Å². The largest absolute Gasteiger partial charge is 0.481 e. The van der Waals surface area contributed by atoms with Crippen LogP contribution in [0.5, 0.6) is 0 Å². The van der Waals surface area contributed by atoms with Gasteiger partial charge in [-0.15, -0.1) is 0 Å². The lowest BCUT2D eigenvalue weighted by molar-refractivity contribution is -0.138. The molecule has 1 unspecified atom stereocenters. The molecular formula is C19H21NO5S. The summed E-state index contributed by atoms with van der Waals surface area (Å²) in [6.07, 6.45) is 0. The van der Waals surface area contributed by atoms with Gasteiger partial charge in [-0.25, -0.2) is 8.42 Å². The van der Waals surface area contributed by atoms with Crippen molar-refractivity contribution in [1.82, 2.24) is 0 Å². The lowest BCUT2D eigenvalue weighted by atomic mass is 10.0. The zero-order valence-electron chi connectivity index (χ0n) is 14.8. The Hall–Kier alpha value is -2.67. The zero-order valence-corrected chi connectivity index (χ0v) is 15.6.